The smallest absolute Gasteiger partial charge is 0.243 e. The molecule has 0 unspecified atom stereocenters. The number of carbonyl (C=O) groups excluding carboxylic acids is 1. The third-order valence-corrected chi connectivity index (χ3v) is 6.76. The van der Waals surface area contributed by atoms with Gasteiger partial charge in [0.15, 0.2) is 0 Å². The SMILES string of the molecule is CCN(CC)S(=O)(=O)c1ccc(NCC(=O)Nc2cc(OC)c(Cl)cc2OC)cc1. The average molecular weight is 456 g/mol. The van der Waals surface area contributed by atoms with Crippen LogP contribution in [0.4, 0.5) is 11.4 Å². The second-order valence-corrected chi connectivity index (χ2v) is 8.55. The Balaban J connectivity index is 2.04. The Morgan fingerprint density at radius 1 is 1.03 bits per heavy atom. The number of methoxy groups -OCH3 is 2. The summed E-state index contributed by atoms with van der Waals surface area (Å²) in [4.78, 5) is 12.5. The van der Waals surface area contributed by atoms with Gasteiger partial charge in [-0.25, -0.2) is 8.42 Å². The number of halogens is 1. The fourth-order valence-corrected chi connectivity index (χ4v) is 4.48. The van der Waals surface area contributed by atoms with Crippen LogP contribution in [0.25, 0.3) is 0 Å². The molecule has 0 bridgehead atoms. The number of anilines is 2. The van der Waals surface area contributed by atoms with Crippen molar-refractivity contribution in [1.29, 1.82) is 0 Å². The summed E-state index contributed by atoms with van der Waals surface area (Å²) in [6, 6.07) is 9.40. The van der Waals surface area contributed by atoms with E-state index in [2.05, 4.69) is 10.6 Å². The molecule has 1 amide bonds. The molecule has 0 aromatic heterocycles. The number of nitrogens with zero attached hydrogens (tertiary/aromatic N) is 1. The third kappa shape index (κ3) is 5.56. The Labute approximate surface area is 182 Å². The summed E-state index contributed by atoms with van der Waals surface area (Å²) >= 11 is 6.06. The van der Waals surface area contributed by atoms with Gasteiger partial charge in [-0.15, -0.1) is 0 Å². The van der Waals surface area contributed by atoms with Gasteiger partial charge in [0.2, 0.25) is 15.9 Å². The Hall–Kier alpha value is -2.49. The van der Waals surface area contributed by atoms with Crippen molar-refractivity contribution in [2.75, 3.05) is 44.5 Å². The average Bonchev–Trinajstić information content (AvgIpc) is 2.74. The molecule has 0 aliphatic carbocycles. The van der Waals surface area contributed by atoms with Crippen molar-refractivity contribution in [2.45, 2.75) is 18.7 Å². The van der Waals surface area contributed by atoms with E-state index in [0.29, 0.717) is 41.0 Å². The predicted molar refractivity (Wildman–Crippen MR) is 118 cm³/mol. The zero-order chi connectivity index (χ0) is 22.3. The first-order valence-corrected chi connectivity index (χ1v) is 11.1. The summed E-state index contributed by atoms with van der Waals surface area (Å²) in [6.45, 7) is 4.36. The second-order valence-electron chi connectivity index (χ2n) is 6.20. The van der Waals surface area contributed by atoms with E-state index in [0.717, 1.165) is 0 Å². The number of hydrogen-bond acceptors (Lipinski definition) is 6. The minimum Gasteiger partial charge on any atom is -0.495 e. The van der Waals surface area contributed by atoms with Crippen molar-refractivity contribution in [3.63, 3.8) is 0 Å². The van der Waals surface area contributed by atoms with Crippen LogP contribution in [0, 0.1) is 0 Å². The van der Waals surface area contributed by atoms with E-state index < -0.39 is 10.0 Å². The molecule has 2 aromatic rings. The first kappa shape index (κ1) is 23.8. The normalized spacial score (nSPS) is 11.3. The highest BCUT2D eigenvalue weighted by atomic mass is 35.5. The van der Waals surface area contributed by atoms with Crippen molar-refractivity contribution in [2.24, 2.45) is 0 Å². The van der Waals surface area contributed by atoms with Gasteiger partial charge in [0.1, 0.15) is 11.5 Å². The molecule has 30 heavy (non-hydrogen) atoms. The van der Waals surface area contributed by atoms with E-state index >= 15 is 0 Å². The van der Waals surface area contributed by atoms with Crippen LogP contribution in [0.3, 0.4) is 0 Å². The fourth-order valence-electron chi connectivity index (χ4n) is 2.79. The minimum absolute atomic E-state index is 0.0315. The van der Waals surface area contributed by atoms with Crippen molar-refractivity contribution < 1.29 is 22.7 Å². The predicted octanol–water partition coefficient (Wildman–Crippen LogP) is 3.44. The molecule has 0 radical (unpaired) electrons. The number of hydrogen-bond donors (Lipinski definition) is 2. The van der Waals surface area contributed by atoms with Gasteiger partial charge in [0.25, 0.3) is 0 Å². The molecule has 0 saturated heterocycles. The maximum absolute atomic E-state index is 12.5. The zero-order valence-corrected chi connectivity index (χ0v) is 18.9. The largest absolute Gasteiger partial charge is 0.495 e. The number of carbonyl (C=O) groups is 1. The number of amides is 1. The lowest BCUT2D eigenvalue weighted by Gasteiger charge is -2.18. The Kier molecular flexibility index (Phi) is 8.33. The van der Waals surface area contributed by atoms with Gasteiger partial charge in [-0.3, -0.25) is 4.79 Å². The molecule has 2 aromatic carbocycles. The van der Waals surface area contributed by atoms with E-state index in [1.165, 1.54) is 30.7 Å². The van der Waals surface area contributed by atoms with Crippen LogP contribution in [0.5, 0.6) is 11.5 Å². The third-order valence-electron chi connectivity index (χ3n) is 4.40. The highest BCUT2D eigenvalue weighted by Gasteiger charge is 2.21. The highest BCUT2D eigenvalue weighted by molar-refractivity contribution is 7.89. The molecule has 0 aliphatic heterocycles. The minimum atomic E-state index is -3.52. The van der Waals surface area contributed by atoms with Crippen LogP contribution in [0.1, 0.15) is 13.8 Å². The van der Waals surface area contributed by atoms with Crippen molar-refractivity contribution in [1.82, 2.24) is 4.31 Å². The van der Waals surface area contributed by atoms with Crippen molar-refractivity contribution >= 4 is 38.9 Å². The molecule has 164 valence electrons. The van der Waals surface area contributed by atoms with Crippen LogP contribution in [0.15, 0.2) is 41.3 Å². The molecule has 0 saturated carbocycles. The summed E-state index contributed by atoms with van der Waals surface area (Å²) in [5.74, 6) is 0.489. The van der Waals surface area contributed by atoms with Gasteiger partial charge < -0.3 is 20.1 Å². The zero-order valence-electron chi connectivity index (χ0n) is 17.4. The number of nitrogens with one attached hydrogen (secondary N) is 2. The molecule has 0 atom stereocenters. The van der Waals surface area contributed by atoms with Crippen LogP contribution in [0.2, 0.25) is 5.02 Å². The molecule has 8 nitrogen and oxygen atoms in total. The lowest BCUT2D eigenvalue weighted by Crippen LogP contribution is -2.30. The van der Waals surface area contributed by atoms with Crippen LogP contribution in [-0.4, -0.2) is 52.5 Å². The Morgan fingerprint density at radius 2 is 1.63 bits per heavy atom. The van der Waals surface area contributed by atoms with E-state index in [1.807, 2.05) is 0 Å². The van der Waals surface area contributed by atoms with Gasteiger partial charge >= 0.3 is 0 Å². The number of benzene rings is 2. The molecule has 2 N–H and O–H groups in total. The lowest BCUT2D eigenvalue weighted by molar-refractivity contribution is -0.114. The van der Waals surface area contributed by atoms with Crippen LogP contribution in [-0.2, 0) is 14.8 Å². The second kappa shape index (κ2) is 10.5. The van der Waals surface area contributed by atoms with Crippen molar-refractivity contribution in [3.8, 4) is 11.5 Å². The van der Waals surface area contributed by atoms with E-state index in [-0.39, 0.29) is 17.3 Å². The molecular formula is C20H26ClN3O5S. The van der Waals surface area contributed by atoms with Gasteiger partial charge in [0.05, 0.1) is 36.4 Å². The first-order valence-electron chi connectivity index (χ1n) is 9.32. The maximum Gasteiger partial charge on any atom is 0.243 e. The molecule has 2 rings (SSSR count). The summed E-state index contributed by atoms with van der Waals surface area (Å²) in [5.41, 5.74) is 1.04. The topological polar surface area (TPSA) is 97.0 Å². The van der Waals surface area contributed by atoms with Gasteiger partial charge in [-0.05, 0) is 24.3 Å². The van der Waals surface area contributed by atoms with E-state index in [4.69, 9.17) is 21.1 Å². The monoisotopic (exact) mass is 455 g/mol. The van der Waals surface area contributed by atoms with Crippen LogP contribution < -0.4 is 20.1 Å². The van der Waals surface area contributed by atoms with Gasteiger partial charge in [0, 0.05) is 30.9 Å². The summed E-state index contributed by atoms with van der Waals surface area (Å²) in [5, 5.41) is 6.06. The van der Waals surface area contributed by atoms with Gasteiger partial charge in [-0.2, -0.15) is 4.31 Å². The summed E-state index contributed by atoms with van der Waals surface area (Å²) in [6.07, 6.45) is 0. The number of ether oxygens (including phenoxy) is 2. The standard InChI is InChI=1S/C20H26ClN3O5S/c1-5-24(6-2)30(26,27)15-9-7-14(8-10-15)22-13-20(25)23-17-12-18(28-3)16(21)11-19(17)29-4/h7-12,22H,5-6,13H2,1-4H3,(H,23,25). The number of sulfonamides is 1. The Bertz CT molecular complexity index is 977. The Morgan fingerprint density at radius 3 is 2.17 bits per heavy atom. The molecular weight excluding hydrogens is 430 g/mol. The molecule has 0 heterocycles. The van der Waals surface area contributed by atoms with Crippen molar-refractivity contribution in [3.05, 3.63) is 41.4 Å². The van der Waals surface area contributed by atoms with Gasteiger partial charge in [-0.1, -0.05) is 25.4 Å². The molecule has 0 spiro atoms. The van der Waals surface area contributed by atoms with Crippen LogP contribution >= 0.6 is 11.6 Å². The molecule has 10 heteroatoms. The first-order chi connectivity index (χ1) is 14.3. The summed E-state index contributed by atoms with van der Waals surface area (Å²) < 4.78 is 36.8. The van der Waals surface area contributed by atoms with E-state index in [9.17, 15) is 13.2 Å². The quantitative estimate of drug-likeness (QED) is 0.569. The lowest BCUT2D eigenvalue weighted by atomic mass is 10.2. The van der Waals surface area contributed by atoms with E-state index in [1.54, 1.807) is 38.1 Å². The molecule has 0 fully saturated rings. The number of rotatable bonds is 10. The summed E-state index contributed by atoms with van der Waals surface area (Å²) in [7, 11) is -0.569. The maximum atomic E-state index is 12.5. The molecule has 0 aliphatic rings. The highest BCUT2D eigenvalue weighted by Crippen LogP contribution is 2.35. The fraction of sp³-hybridized carbons (Fsp3) is 0.350.